The lowest BCUT2D eigenvalue weighted by molar-refractivity contribution is 0.133. The average Bonchev–Trinajstić information content (AvgIpc) is 2.83. The zero-order chi connectivity index (χ0) is 15.2. The summed E-state index contributed by atoms with van der Waals surface area (Å²) in [6.07, 6.45) is 1.68. The van der Waals surface area contributed by atoms with Crippen molar-refractivity contribution < 1.29 is 4.74 Å². The molecule has 0 radical (unpaired) electrons. The summed E-state index contributed by atoms with van der Waals surface area (Å²) in [6, 6.07) is 8.45. The van der Waals surface area contributed by atoms with Crippen molar-refractivity contribution in [2.45, 2.75) is 33.0 Å². The Morgan fingerprint density at radius 2 is 2.05 bits per heavy atom. The lowest BCUT2D eigenvalue weighted by Crippen LogP contribution is -2.21. The Kier molecular flexibility index (Phi) is 5.79. The summed E-state index contributed by atoms with van der Waals surface area (Å²) in [5, 5.41) is 4.14. The van der Waals surface area contributed by atoms with Crippen molar-refractivity contribution in [3.05, 3.63) is 52.6 Å². The van der Waals surface area contributed by atoms with Crippen molar-refractivity contribution in [3.63, 3.8) is 0 Å². The molecule has 1 aromatic heterocycles. The minimum absolute atomic E-state index is 0.127. The summed E-state index contributed by atoms with van der Waals surface area (Å²) in [7, 11) is 1.92. The van der Waals surface area contributed by atoms with E-state index < -0.39 is 0 Å². The van der Waals surface area contributed by atoms with E-state index in [1.807, 2.05) is 24.6 Å². The fourth-order valence-corrected chi connectivity index (χ4v) is 2.38. The van der Waals surface area contributed by atoms with Gasteiger partial charge in [0.15, 0.2) is 0 Å². The van der Waals surface area contributed by atoms with Gasteiger partial charge in [0.1, 0.15) is 11.0 Å². The number of nitrogens with one attached hydrogen (secondary N) is 1. The minimum atomic E-state index is 0.127. The van der Waals surface area contributed by atoms with Gasteiger partial charge in [-0.3, -0.25) is 0 Å². The van der Waals surface area contributed by atoms with Gasteiger partial charge in [-0.1, -0.05) is 35.9 Å². The van der Waals surface area contributed by atoms with Crippen molar-refractivity contribution in [2.75, 3.05) is 6.61 Å². The number of nitrogens with zero attached hydrogens (tertiary/aromatic N) is 2. The Hall–Kier alpha value is -1.36. The summed E-state index contributed by atoms with van der Waals surface area (Å²) in [5.41, 5.74) is 2.47. The zero-order valence-corrected chi connectivity index (χ0v) is 13.5. The van der Waals surface area contributed by atoms with Gasteiger partial charge >= 0.3 is 0 Å². The Morgan fingerprint density at radius 3 is 2.67 bits per heavy atom. The zero-order valence-electron chi connectivity index (χ0n) is 12.8. The summed E-state index contributed by atoms with van der Waals surface area (Å²) >= 11 is 6.03. The maximum atomic E-state index is 6.03. The molecule has 1 heterocycles. The van der Waals surface area contributed by atoms with E-state index in [1.165, 1.54) is 11.1 Å². The third-order valence-electron chi connectivity index (χ3n) is 3.53. The van der Waals surface area contributed by atoms with Gasteiger partial charge < -0.3 is 14.6 Å². The highest BCUT2D eigenvalue weighted by molar-refractivity contribution is 6.29. The van der Waals surface area contributed by atoms with Crippen LogP contribution in [0.5, 0.6) is 0 Å². The molecule has 1 atom stereocenters. The number of rotatable bonds is 7. The molecule has 1 aromatic carbocycles. The molecule has 0 saturated heterocycles. The van der Waals surface area contributed by atoms with Crippen molar-refractivity contribution >= 4 is 11.6 Å². The molecule has 0 amide bonds. The van der Waals surface area contributed by atoms with Gasteiger partial charge in [-0.25, -0.2) is 4.98 Å². The second kappa shape index (κ2) is 7.59. The second-order valence-electron chi connectivity index (χ2n) is 5.01. The van der Waals surface area contributed by atoms with Crippen LogP contribution in [-0.4, -0.2) is 16.2 Å². The summed E-state index contributed by atoms with van der Waals surface area (Å²) in [6.45, 7) is 6.24. The van der Waals surface area contributed by atoms with Crippen molar-refractivity contribution in [1.82, 2.24) is 14.9 Å². The van der Waals surface area contributed by atoms with Gasteiger partial charge in [-0.05, 0) is 25.0 Å². The first-order chi connectivity index (χ1) is 10.1. The van der Waals surface area contributed by atoms with E-state index >= 15 is 0 Å². The van der Waals surface area contributed by atoms with Crippen molar-refractivity contribution in [2.24, 2.45) is 7.05 Å². The van der Waals surface area contributed by atoms with E-state index in [9.17, 15) is 0 Å². The van der Waals surface area contributed by atoms with E-state index in [-0.39, 0.29) is 6.04 Å². The average molecular weight is 308 g/mol. The van der Waals surface area contributed by atoms with Gasteiger partial charge in [0, 0.05) is 20.2 Å². The molecule has 5 heteroatoms. The van der Waals surface area contributed by atoms with Crippen LogP contribution in [0.4, 0.5) is 0 Å². The third kappa shape index (κ3) is 4.06. The van der Waals surface area contributed by atoms with Crippen molar-refractivity contribution in [1.29, 1.82) is 0 Å². The van der Waals surface area contributed by atoms with E-state index in [1.54, 1.807) is 6.20 Å². The van der Waals surface area contributed by atoms with Gasteiger partial charge in [-0.15, -0.1) is 0 Å². The summed E-state index contributed by atoms with van der Waals surface area (Å²) in [4.78, 5) is 4.34. The van der Waals surface area contributed by atoms with Crippen LogP contribution in [0.15, 0.2) is 30.5 Å². The lowest BCUT2D eigenvalue weighted by atomic mass is 10.1. The Bertz CT molecular complexity index is 583. The molecule has 0 fully saturated rings. The maximum absolute atomic E-state index is 6.03. The van der Waals surface area contributed by atoms with Gasteiger partial charge in [-0.2, -0.15) is 0 Å². The number of imidazole rings is 1. The SMILES string of the molecule is CCOCc1ccccc1CNC(C)c1ncc(Cl)n1C. The molecule has 2 rings (SSSR count). The molecule has 0 bridgehead atoms. The predicted molar refractivity (Wildman–Crippen MR) is 85.2 cm³/mol. The smallest absolute Gasteiger partial charge is 0.128 e. The first-order valence-electron chi connectivity index (χ1n) is 7.18. The number of ether oxygens (including phenoxy) is 1. The van der Waals surface area contributed by atoms with Crippen LogP contribution in [0.1, 0.15) is 36.8 Å². The molecule has 0 aliphatic rings. The van der Waals surface area contributed by atoms with Crippen LogP contribution in [0.25, 0.3) is 0 Å². The molecule has 0 saturated carbocycles. The van der Waals surface area contributed by atoms with Crippen LogP contribution in [0.3, 0.4) is 0 Å². The molecule has 21 heavy (non-hydrogen) atoms. The normalized spacial score (nSPS) is 12.6. The van der Waals surface area contributed by atoms with E-state index in [0.29, 0.717) is 11.8 Å². The van der Waals surface area contributed by atoms with Crippen LogP contribution in [0.2, 0.25) is 5.15 Å². The molecule has 4 nitrogen and oxygen atoms in total. The number of hydrogen-bond donors (Lipinski definition) is 1. The quantitative estimate of drug-likeness (QED) is 0.851. The van der Waals surface area contributed by atoms with E-state index in [4.69, 9.17) is 16.3 Å². The third-order valence-corrected chi connectivity index (χ3v) is 3.88. The molecule has 0 spiro atoms. The largest absolute Gasteiger partial charge is 0.377 e. The predicted octanol–water partition coefficient (Wildman–Crippen LogP) is 3.46. The summed E-state index contributed by atoms with van der Waals surface area (Å²) in [5.74, 6) is 0.933. The molecular weight excluding hydrogens is 286 g/mol. The number of benzene rings is 1. The van der Waals surface area contributed by atoms with Gasteiger partial charge in [0.05, 0.1) is 18.8 Å². The number of hydrogen-bond acceptors (Lipinski definition) is 3. The molecular formula is C16H22ClN3O. The highest BCUT2D eigenvalue weighted by atomic mass is 35.5. The molecule has 0 aliphatic carbocycles. The number of aromatic nitrogens is 2. The maximum Gasteiger partial charge on any atom is 0.128 e. The van der Waals surface area contributed by atoms with Crippen LogP contribution >= 0.6 is 11.6 Å². The fraction of sp³-hybridized carbons (Fsp3) is 0.438. The van der Waals surface area contributed by atoms with Gasteiger partial charge in [0.2, 0.25) is 0 Å². The topological polar surface area (TPSA) is 39.1 Å². The highest BCUT2D eigenvalue weighted by Gasteiger charge is 2.13. The first-order valence-corrected chi connectivity index (χ1v) is 7.56. The molecule has 1 unspecified atom stereocenters. The molecule has 1 N–H and O–H groups in total. The van der Waals surface area contributed by atoms with Gasteiger partial charge in [0.25, 0.3) is 0 Å². The monoisotopic (exact) mass is 307 g/mol. The Morgan fingerprint density at radius 1 is 1.33 bits per heavy atom. The first kappa shape index (κ1) is 16.0. The second-order valence-corrected chi connectivity index (χ2v) is 5.39. The molecule has 2 aromatic rings. The minimum Gasteiger partial charge on any atom is -0.377 e. The fourth-order valence-electron chi connectivity index (χ4n) is 2.24. The summed E-state index contributed by atoms with van der Waals surface area (Å²) < 4.78 is 7.41. The van der Waals surface area contributed by atoms with Crippen LogP contribution < -0.4 is 5.32 Å². The van der Waals surface area contributed by atoms with Crippen LogP contribution in [0, 0.1) is 0 Å². The molecule has 114 valence electrons. The number of halogens is 1. The van der Waals surface area contributed by atoms with Crippen molar-refractivity contribution in [3.8, 4) is 0 Å². The highest BCUT2D eigenvalue weighted by Crippen LogP contribution is 2.17. The van der Waals surface area contributed by atoms with E-state index in [2.05, 4.69) is 35.4 Å². The standard InChI is InChI=1S/C16H22ClN3O/c1-4-21-11-14-8-6-5-7-13(14)9-18-12(2)16-19-10-15(17)20(16)3/h5-8,10,12,18H,4,9,11H2,1-3H3. The molecule has 0 aliphatic heterocycles. The van der Waals surface area contributed by atoms with Crippen LogP contribution in [-0.2, 0) is 24.9 Å². The lowest BCUT2D eigenvalue weighted by Gasteiger charge is -2.16. The Labute approximate surface area is 131 Å². The van der Waals surface area contributed by atoms with E-state index in [0.717, 1.165) is 19.0 Å². The Balaban J connectivity index is 2.01.